The summed E-state index contributed by atoms with van der Waals surface area (Å²) in [6.45, 7) is 10.0. The van der Waals surface area contributed by atoms with E-state index in [1.54, 1.807) is 4.68 Å². The van der Waals surface area contributed by atoms with E-state index in [0.29, 0.717) is 17.6 Å². The highest BCUT2D eigenvalue weighted by Crippen LogP contribution is 2.43. The second kappa shape index (κ2) is 13.1. The van der Waals surface area contributed by atoms with Crippen molar-refractivity contribution in [2.45, 2.75) is 83.5 Å². The highest BCUT2D eigenvalue weighted by Gasteiger charge is 2.45. The molecule has 2 N–H and O–H groups in total. The fraction of sp³-hybridized carbons (Fsp3) is 0.410. The molecule has 0 unspecified atom stereocenters. The van der Waals surface area contributed by atoms with Crippen LogP contribution in [-0.2, 0) is 22.0 Å². The van der Waals surface area contributed by atoms with E-state index in [-0.39, 0.29) is 16.9 Å². The molecule has 0 atom stereocenters. The van der Waals surface area contributed by atoms with Gasteiger partial charge in [-0.15, -0.1) is 0 Å². The predicted octanol–water partition coefficient (Wildman–Crippen LogP) is 8.42. The summed E-state index contributed by atoms with van der Waals surface area (Å²) in [5.41, 5.74) is 5.58. The third-order valence-corrected chi connectivity index (χ3v) is 9.80. The van der Waals surface area contributed by atoms with Crippen molar-refractivity contribution in [3.05, 3.63) is 107 Å². The molecule has 2 heterocycles. The molecular formula is C39H47N5O2. The zero-order valence-corrected chi connectivity index (χ0v) is 27.7. The van der Waals surface area contributed by atoms with Crippen LogP contribution in [0.4, 0.5) is 16.3 Å². The molecule has 240 valence electrons. The summed E-state index contributed by atoms with van der Waals surface area (Å²) >= 11 is 0. The lowest BCUT2D eigenvalue weighted by Gasteiger charge is -2.39. The molecule has 2 fully saturated rings. The summed E-state index contributed by atoms with van der Waals surface area (Å²) in [7, 11) is 0. The normalized spacial score (nSPS) is 16.7. The number of urea groups is 1. The highest BCUT2D eigenvalue weighted by molar-refractivity contribution is 5.99. The number of nitrogens with one attached hydrogen (secondary N) is 2. The van der Waals surface area contributed by atoms with Crippen molar-refractivity contribution in [3.8, 4) is 5.69 Å². The van der Waals surface area contributed by atoms with E-state index < -0.39 is 0 Å². The zero-order chi connectivity index (χ0) is 32.3. The summed E-state index contributed by atoms with van der Waals surface area (Å²) in [6.07, 6.45) is 7.06. The Hall–Kier alpha value is -4.39. The first-order valence-corrected chi connectivity index (χ1v) is 16.8. The first kappa shape index (κ1) is 31.6. The van der Waals surface area contributed by atoms with E-state index in [0.717, 1.165) is 75.1 Å². The van der Waals surface area contributed by atoms with Gasteiger partial charge in [0.15, 0.2) is 0 Å². The lowest BCUT2D eigenvalue weighted by Crippen LogP contribution is -2.48. The van der Waals surface area contributed by atoms with Gasteiger partial charge in [0.2, 0.25) is 5.91 Å². The topological polar surface area (TPSA) is 79.3 Å². The molecule has 1 aliphatic carbocycles. The monoisotopic (exact) mass is 617 g/mol. The maximum absolute atomic E-state index is 13.9. The molecule has 6 rings (SSSR count). The zero-order valence-electron chi connectivity index (χ0n) is 27.7. The van der Waals surface area contributed by atoms with E-state index in [2.05, 4.69) is 79.6 Å². The van der Waals surface area contributed by atoms with Gasteiger partial charge in [0.25, 0.3) is 0 Å². The maximum Gasteiger partial charge on any atom is 0.324 e. The van der Waals surface area contributed by atoms with Crippen LogP contribution in [0.3, 0.4) is 0 Å². The molecule has 46 heavy (non-hydrogen) atoms. The number of rotatable bonds is 7. The Balaban J connectivity index is 1.07. The van der Waals surface area contributed by atoms with E-state index in [9.17, 15) is 9.59 Å². The lowest BCUT2D eigenvalue weighted by atomic mass is 9.77. The minimum absolute atomic E-state index is 0.166. The number of hydrogen-bond acceptors (Lipinski definition) is 3. The Kier molecular flexibility index (Phi) is 9.03. The largest absolute Gasteiger partial charge is 0.342 e. The number of hydrogen-bond donors (Lipinski definition) is 2. The fourth-order valence-electron chi connectivity index (χ4n) is 7.11. The summed E-state index contributed by atoms with van der Waals surface area (Å²) in [6, 6.07) is 28.3. The van der Waals surface area contributed by atoms with E-state index in [1.165, 1.54) is 16.7 Å². The van der Waals surface area contributed by atoms with Crippen molar-refractivity contribution in [2.24, 2.45) is 5.92 Å². The van der Waals surface area contributed by atoms with Gasteiger partial charge >= 0.3 is 6.03 Å². The second-order valence-electron chi connectivity index (χ2n) is 14.3. The molecule has 2 aliphatic rings. The van der Waals surface area contributed by atoms with Crippen molar-refractivity contribution < 1.29 is 9.59 Å². The predicted molar refractivity (Wildman–Crippen MR) is 186 cm³/mol. The molecule has 0 bridgehead atoms. The molecule has 1 aliphatic heterocycles. The van der Waals surface area contributed by atoms with Crippen molar-refractivity contribution in [2.75, 3.05) is 23.7 Å². The number of likely N-dealkylation sites (tertiary alicyclic amines) is 1. The first-order valence-electron chi connectivity index (χ1n) is 16.8. The number of aryl methyl sites for hydroxylation is 1. The third-order valence-electron chi connectivity index (χ3n) is 9.80. The average molecular weight is 618 g/mol. The Morgan fingerprint density at radius 3 is 2.24 bits per heavy atom. The molecule has 3 amide bonds. The molecule has 7 nitrogen and oxygen atoms in total. The van der Waals surface area contributed by atoms with E-state index >= 15 is 0 Å². The molecular weight excluding hydrogens is 570 g/mol. The van der Waals surface area contributed by atoms with E-state index in [4.69, 9.17) is 5.10 Å². The number of carbonyl (C=O) groups excluding carboxylic acids is 2. The van der Waals surface area contributed by atoms with Crippen molar-refractivity contribution in [1.82, 2.24) is 14.7 Å². The van der Waals surface area contributed by atoms with Crippen molar-refractivity contribution >= 4 is 23.4 Å². The number of amides is 3. The molecule has 4 aromatic rings. The minimum atomic E-state index is -0.346. The van der Waals surface area contributed by atoms with Crippen LogP contribution >= 0.6 is 0 Å². The van der Waals surface area contributed by atoms with Crippen LogP contribution in [0.15, 0.2) is 84.9 Å². The van der Waals surface area contributed by atoms with Gasteiger partial charge in [-0.05, 0) is 80.3 Å². The van der Waals surface area contributed by atoms with Gasteiger partial charge in [-0.1, -0.05) is 93.8 Å². The molecule has 1 saturated heterocycles. The number of aromatic nitrogens is 2. The smallest absolute Gasteiger partial charge is 0.324 e. The van der Waals surface area contributed by atoms with Gasteiger partial charge in [0, 0.05) is 30.3 Å². The number of anilines is 2. The van der Waals surface area contributed by atoms with Crippen LogP contribution in [-0.4, -0.2) is 39.7 Å². The van der Waals surface area contributed by atoms with Gasteiger partial charge < -0.3 is 10.2 Å². The third kappa shape index (κ3) is 6.88. The highest BCUT2D eigenvalue weighted by atomic mass is 16.2. The number of benzene rings is 3. The van der Waals surface area contributed by atoms with Crippen molar-refractivity contribution in [1.29, 1.82) is 0 Å². The number of carbonyl (C=O) groups is 2. The van der Waals surface area contributed by atoms with Crippen LogP contribution in [0.5, 0.6) is 0 Å². The summed E-state index contributed by atoms with van der Waals surface area (Å²) in [4.78, 5) is 29.3. The molecule has 3 aromatic carbocycles. The molecule has 1 aromatic heterocycles. The average Bonchev–Trinajstić information content (AvgIpc) is 3.71. The Labute approximate surface area is 273 Å². The van der Waals surface area contributed by atoms with Gasteiger partial charge in [-0.3, -0.25) is 10.1 Å². The van der Waals surface area contributed by atoms with Gasteiger partial charge in [0.1, 0.15) is 5.82 Å². The Morgan fingerprint density at radius 1 is 0.870 bits per heavy atom. The fourth-order valence-corrected chi connectivity index (χ4v) is 7.11. The first-order chi connectivity index (χ1) is 22.1. The van der Waals surface area contributed by atoms with Gasteiger partial charge in [-0.25, -0.2) is 9.48 Å². The quantitative estimate of drug-likeness (QED) is 0.219. The molecule has 0 spiro atoms. The summed E-state index contributed by atoms with van der Waals surface area (Å²) in [5.74, 6) is 1.45. The summed E-state index contributed by atoms with van der Waals surface area (Å²) in [5, 5.41) is 10.9. The Morgan fingerprint density at radius 2 is 1.57 bits per heavy atom. The van der Waals surface area contributed by atoms with Crippen LogP contribution in [0, 0.1) is 12.8 Å². The molecule has 1 saturated carbocycles. The molecule has 7 heteroatoms. The lowest BCUT2D eigenvalue weighted by molar-refractivity contribution is -0.138. The van der Waals surface area contributed by atoms with Crippen LogP contribution in [0.25, 0.3) is 5.69 Å². The van der Waals surface area contributed by atoms with Crippen molar-refractivity contribution in [3.63, 3.8) is 0 Å². The maximum atomic E-state index is 13.9. The standard InChI is InChI=1S/C39H47N5O2/c1-28-15-17-33(18-16-28)44-35(27-34(42-44)38(2,3)4)41-37(46)40-32-14-10-11-30(26-32)25-29-19-23-43(24-20-29)36(45)39(21-8-9-22-39)31-12-6-5-7-13-31/h5-7,10-18,26-27,29H,8-9,19-25H2,1-4H3,(H2,40,41,46). The minimum Gasteiger partial charge on any atom is -0.342 e. The summed E-state index contributed by atoms with van der Waals surface area (Å²) < 4.78 is 1.79. The van der Waals surface area contributed by atoms with Gasteiger partial charge in [-0.2, -0.15) is 5.10 Å². The van der Waals surface area contributed by atoms with Crippen LogP contribution in [0.1, 0.15) is 81.7 Å². The number of piperidine rings is 1. The molecule has 0 radical (unpaired) electrons. The SMILES string of the molecule is Cc1ccc(-n2nc(C(C)(C)C)cc2NC(=O)Nc2cccc(CC3CCN(C(=O)C4(c5ccccc5)CCCC4)CC3)c2)cc1. The van der Waals surface area contributed by atoms with Crippen LogP contribution < -0.4 is 10.6 Å². The van der Waals surface area contributed by atoms with E-state index in [1.807, 2.05) is 48.5 Å². The van der Waals surface area contributed by atoms with Crippen LogP contribution in [0.2, 0.25) is 0 Å². The Bertz CT molecular complexity index is 1650. The number of nitrogens with zero attached hydrogens (tertiary/aromatic N) is 3. The van der Waals surface area contributed by atoms with Gasteiger partial charge in [0.05, 0.1) is 16.8 Å². The second-order valence-corrected chi connectivity index (χ2v) is 14.3.